The van der Waals surface area contributed by atoms with Crippen LogP contribution in [-0.4, -0.2) is 12.6 Å². The lowest BCUT2D eigenvalue weighted by molar-refractivity contribution is 0.320. The van der Waals surface area contributed by atoms with Crippen LogP contribution in [0.1, 0.15) is 44.1 Å². The monoisotopic (exact) mass is 321 g/mol. The molecule has 2 aliphatic rings. The van der Waals surface area contributed by atoms with Crippen molar-refractivity contribution in [2.75, 3.05) is 6.54 Å². The molecule has 0 amide bonds. The Morgan fingerprint density at radius 1 is 1.16 bits per heavy atom. The Morgan fingerprint density at radius 3 is 2.63 bits per heavy atom. The molecule has 19 heavy (non-hydrogen) atoms. The van der Waals surface area contributed by atoms with Gasteiger partial charge in [-0.25, -0.2) is 0 Å². The number of halogens is 1. The fourth-order valence-electron chi connectivity index (χ4n) is 3.41. The van der Waals surface area contributed by atoms with E-state index in [4.69, 9.17) is 0 Å². The number of hydrogen-bond acceptors (Lipinski definition) is 1. The molecule has 0 aliphatic heterocycles. The molecule has 0 aromatic heterocycles. The third kappa shape index (κ3) is 4.06. The van der Waals surface area contributed by atoms with E-state index in [1.807, 2.05) is 0 Å². The van der Waals surface area contributed by atoms with E-state index in [2.05, 4.69) is 45.5 Å². The summed E-state index contributed by atoms with van der Waals surface area (Å²) in [6, 6.07) is 9.70. The summed E-state index contributed by atoms with van der Waals surface area (Å²) in [5.41, 5.74) is 1.49. The molecule has 2 aliphatic carbocycles. The third-order valence-electron chi connectivity index (χ3n) is 4.70. The molecule has 104 valence electrons. The van der Waals surface area contributed by atoms with Crippen molar-refractivity contribution in [1.29, 1.82) is 0 Å². The molecule has 0 heterocycles. The zero-order chi connectivity index (χ0) is 13.1. The molecule has 1 atom stereocenters. The van der Waals surface area contributed by atoms with Crippen molar-refractivity contribution in [2.45, 2.75) is 51.0 Å². The first-order valence-electron chi connectivity index (χ1n) is 7.79. The maximum Gasteiger partial charge on any atom is 0.0177 e. The predicted molar refractivity (Wildman–Crippen MR) is 84.3 cm³/mol. The SMILES string of the molecule is Brc1cccc(CC(CNC2CC2)C2CCCC2)c1. The largest absolute Gasteiger partial charge is 0.314 e. The summed E-state index contributed by atoms with van der Waals surface area (Å²) in [4.78, 5) is 0. The molecule has 1 unspecified atom stereocenters. The lowest BCUT2D eigenvalue weighted by atomic mass is 9.85. The second-order valence-corrected chi connectivity index (χ2v) is 7.24. The third-order valence-corrected chi connectivity index (χ3v) is 5.19. The van der Waals surface area contributed by atoms with Crippen molar-refractivity contribution >= 4 is 15.9 Å². The van der Waals surface area contributed by atoms with Crippen LogP contribution in [0.4, 0.5) is 0 Å². The van der Waals surface area contributed by atoms with Gasteiger partial charge < -0.3 is 5.32 Å². The fraction of sp³-hybridized carbons (Fsp3) is 0.647. The Kier molecular flexibility index (Phi) is 4.60. The van der Waals surface area contributed by atoms with Crippen LogP contribution in [0.5, 0.6) is 0 Å². The Bertz CT molecular complexity index is 407. The number of hydrogen-bond donors (Lipinski definition) is 1. The second-order valence-electron chi connectivity index (χ2n) is 6.32. The Labute approximate surface area is 125 Å². The Balaban J connectivity index is 1.62. The van der Waals surface area contributed by atoms with Gasteiger partial charge in [0.05, 0.1) is 0 Å². The van der Waals surface area contributed by atoms with E-state index in [1.54, 1.807) is 0 Å². The highest BCUT2D eigenvalue weighted by atomic mass is 79.9. The zero-order valence-electron chi connectivity index (χ0n) is 11.6. The summed E-state index contributed by atoms with van der Waals surface area (Å²) in [5.74, 6) is 1.78. The maximum atomic E-state index is 3.76. The molecule has 1 aromatic rings. The van der Waals surface area contributed by atoms with Crippen molar-refractivity contribution < 1.29 is 0 Å². The highest BCUT2D eigenvalue weighted by Crippen LogP contribution is 2.34. The van der Waals surface area contributed by atoms with Gasteiger partial charge in [-0.2, -0.15) is 0 Å². The van der Waals surface area contributed by atoms with Gasteiger partial charge in [0.15, 0.2) is 0 Å². The van der Waals surface area contributed by atoms with E-state index < -0.39 is 0 Å². The minimum absolute atomic E-state index is 0.831. The standard InChI is InChI=1S/C17H24BrN/c18-16-7-3-4-13(11-16)10-15(12-19-17-8-9-17)14-5-1-2-6-14/h3-4,7,11,14-15,17,19H,1-2,5-6,8-10,12H2. The van der Waals surface area contributed by atoms with Gasteiger partial charge >= 0.3 is 0 Å². The van der Waals surface area contributed by atoms with Crippen LogP contribution in [0.15, 0.2) is 28.7 Å². The Hall–Kier alpha value is -0.340. The van der Waals surface area contributed by atoms with Gasteiger partial charge in [0.25, 0.3) is 0 Å². The van der Waals surface area contributed by atoms with Gasteiger partial charge in [-0.3, -0.25) is 0 Å². The first-order valence-corrected chi connectivity index (χ1v) is 8.58. The van der Waals surface area contributed by atoms with Gasteiger partial charge in [0, 0.05) is 10.5 Å². The van der Waals surface area contributed by atoms with Gasteiger partial charge in [0.2, 0.25) is 0 Å². The van der Waals surface area contributed by atoms with Gasteiger partial charge in [-0.05, 0) is 55.3 Å². The van der Waals surface area contributed by atoms with Crippen LogP contribution >= 0.6 is 15.9 Å². The number of rotatable bonds is 6. The quantitative estimate of drug-likeness (QED) is 0.810. The molecule has 2 fully saturated rings. The highest BCUT2D eigenvalue weighted by molar-refractivity contribution is 9.10. The molecule has 0 radical (unpaired) electrons. The van der Waals surface area contributed by atoms with Gasteiger partial charge in [0.1, 0.15) is 0 Å². The van der Waals surface area contributed by atoms with E-state index in [9.17, 15) is 0 Å². The van der Waals surface area contributed by atoms with E-state index in [-0.39, 0.29) is 0 Å². The Morgan fingerprint density at radius 2 is 1.95 bits per heavy atom. The van der Waals surface area contributed by atoms with E-state index >= 15 is 0 Å². The predicted octanol–water partition coefficient (Wildman–Crippen LogP) is 4.55. The van der Waals surface area contributed by atoms with E-state index in [0.29, 0.717) is 0 Å². The summed E-state index contributed by atoms with van der Waals surface area (Å²) in [6.07, 6.45) is 9.83. The van der Waals surface area contributed by atoms with E-state index in [1.165, 1.54) is 61.5 Å². The molecule has 1 nitrogen and oxygen atoms in total. The minimum Gasteiger partial charge on any atom is -0.314 e. The van der Waals surface area contributed by atoms with Crippen LogP contribution in [-0.2, 0) is 6.42 Å². The first kappa shape index (κ1) is 13.6. The van der Waals surface area contributed by atoms with Crippen molar-refractivity contribution in [3.8, 4) is 0 Å². The van der Waals surface area contributed by atoms with E-state index in [0.717, 1.165) is 17.9 Å². The van der Waals surface area contributed by atoms with Crippen LogP contribution in [0, 0.1) is 11.8 Å². The lowest BCUT2D eigenvalue weighted by Gasteiger charge is -2.24. The molecule has 0 bridgehead atoms. The maximum absolute atomic E-state index is 3.76. The molecule has 0 saturated heterocycles. The van der Waals surface area contributed by atoms with Crippen LogP contribution in [0.2, 0.25) is 0 Å². The molecule has 3 rings (SSSR count). The van der Waals surface area contributed by atoms with Crippen LogP contribution < -0.4 is 5.32 Å². The summed E-state index contributed by atoms with van der Waals surface area (Å²) in [6.45, 7) is 1.22. The normalized spacial score (nSPS) is 21.7. The topological polar surface area (TPSA) is 12.0 Å². The number of nitrogens with one attached hydrogen (secondary N) is 1. The zero-order valence-corrected chi connectivity index (χ0v) is 13.2. The second kappa shape index (κ2) is 6.41. The minimum atomic E-state index is 0.831. The molecule has 1 N–H and O–H groups in total. The summed E-state index contributed by atoms with van der Waals surface area (Å²) >= 11 is 3.59. The number of benzene rings is 1. The summed E-state index contributed by atoms with van der Waals surface area (Å²) < 4.78 is 1.21. The summed E-state index contributed by atoms with van der Waals surface area (Å²) in [5, 5.41) is 3.76. The average Bonchev–Trinajstić information content (AvgIpc) is 3.07. The van der Waals surface area contributed by atoms with Crippen molar-refractivity contribution in [1.82, 2.24) is 5.32 Å². The van der Waals surface area contributed by atoms with Gasteiger partial charge in [-0.15, -0.1) is 0 Å². The fourth-order valence-corrected chi connectivity index (χ4v) is 3.85. The summed E-state index contributed by atoms with van der Waals surface area (Å²) in [7, 11) is 0. The average molecular weight is 322 g/mol. The van der Waals surface area contributed by atoms with Gasteiger partial charge in [-0.1, -0.05) is 53.7 Å². The molecule has 1 aromatic carbocycles. The van der Waals surface area contributed by atoms with Crippen LogP contribution in [0.25, 0.3) is 0 Å². The highest BCUT2D eigenvalue weighted by Gasteiger charge is 2.28. The lowest BCUT2D eigenvalue weighted by Crippen LogP contribution is -2.30. The smallest absolute Gasteiger partial charge is 0.0177 e. The van der Waals surface area contributed by atoms with Crippen molar-refractivity contribution in [3.05, 3.63) is 34.3 Å². The molecule has 2 saturated carbocycles. The molecule has 0 spiro atoms. The van der Waals surface area contributed by atoms with Crippen molar-refractivity contribution in [3.63, 3.8) is 0 Å². The van der Waals surface area contributed by atoms with Crippen molar-refractivity contribution in [2.24, 2.45) is 11.8 Å². The molecular formula is C17H24BrN. The molecule has 2 heteroatoms. The molecular weight excluding hydrogens is 298 g/mol. The van der Waals surface area contributed by atoms with Crippen LogP contribution in [0.3, 0.4) is 0 Å². The first-order chi connectivity index (χ1) is 9.31.